The maximum Gasteiger partial charge on any atom is 0.252 e. The quantitative estimate of drug-likeness (QED) is 0.931. The van der Waals surface area contributed by atoms with E-state index in [1.54, 1.807) is 13.2 Å². The first-order chi connectivity index (χ1) is 9.52. The van der Waals surface area contributed by atoms with Crippen molar-refractivity contribution in [2.75, 3.05) is 7.11 Å². The summed E-state index contributed by atoms with van der Waals surface area (Å²) in [4.78, 5) is 11.4. The molecule has 0 saturated carbocycles. The van der Waals surface area contributed by atoms with Gasteiger partial charge in [0.1, 0.15) is 5.75 Å². The summed E-state index contributed by atoms with van der Waals surface area (Å²) in [5, 5.41) is 0. The lowest BCUT2D eigenvalue weighted by Crippen LogP contribution is -2.13. The van der Waals surface area contributed by atoms with Crippen LogP contribution >= 0.6 is 15.9 Å². The van der Waals surface area contributed by atoms with Gasteiger partial charge in [-0.05, 0) is 35.7 Å². The van der Waals surface area contributed by atoms with Gasteiger partial charge in [0.2, 0.25) is 0 Å². The molecule has 0 spiro atoms. The number of benzene rings is 2. The number of primary amides is 1. The predicted octanol–water partition coefficient (Wildman–Crippen LogP) is 3.46. The van der Waals surface area contributed by atoms with Crippen LogP contribution in [-0.2, 0) is 6.42 Å². The van der Waals surface area contributed by atoms with Crippen LogP contribution in [0.2, 0.25) is 0 Å². The number of nitrogens with two attached hydrogens (primary N) is 1. The SMILES string of the molecule is COc1c(Cc2ccc(Br)c(C)c2)cccc1C(N)=O. The zero-order chi connectivity index (χ0) is 14.7. The second-order valence-corrected chi connectivity index (χ2v) is 5.48. The number of ether oxygens (including phenoxy) is 1. The lowest BCUT2D eigenvalue weighted by Gasteiger charge is -2.12. The minimum atomic E-state index is -0.476. The summed E-state index contributed by atoms with van der Waals surface area (Å²) < 4.78 is 6.44. The number of carbonyl (C=O) groups excluding carboxylic acids is 1. The molecule has 0 fully saturated rings. The summed E-state index contributed by atoms with van der Waals surface area (Å²) in [6.07, 6.45) is 0.693. The maximum atomic E-state index is 11.4. The number of amides is 1. The standard InChI is InChI=1S/C16H16BrNO2/c1-10-8-11(6-7-14(10)17)9-12-4-3-5-13(16(18)19)15(12)20-2/h3-8H,9H2,1-2H3,(H2,18,19). The Bertz CT molecular complexity index is 653. The lowest BCUT2D eigenvalue weighted by atomic mass is 10.00. The summed E-state index contributed by atoms with van der Waals surface area (Å²) in [7, 11) is 1.55. The second-order valence-electron chi connectivity index (χ2n) is 4.62. The van der Waals surface area contributed by atoms with Crippen LogP contribution in [0.4, 0.5) is 0 Å². The van der Waals surface area contributed by atoms with Crippen molar-refractivity contribution in [3.63, 3.8) is 0 Å². The van der Waals surface area contributed by atoms with Crippen LogP contribution in [0.25, 0.3) is 0 Å². The van der Waals surface area contributed by atoms with Crippen molar-refractivity contribution in [1.82, 2.24) is 0 Å². The van der Waals surface area contributed by atoms with Gasteiger partial charge in [-0.25, -0.2) is 0 Å². The minimum Gasteiger partial charge on any atom is -0.496 e. The molecule has 104 valence electrons. The van der Waals surface area contributed by atoms with E-state index >= 15 is 0 Å². The van der Waals surface area contributed by atoms with Crippen molar-refractivity contribution in [3.8, 4) is 5.75 Å². The Hall–Kier alpha value is -1.81. The first-order valence-corrected chi connectivity index (χ1v) is 7.03. The average molecular weight is 334 g/mol. The molecule has 1 amide bonds. The van der Waals surface area contributed by atoms with Gasteiger partial charge in [0.05, 0.1) is 12.7 Å². The van der Waals surface area contributed by atoms with Crippen molar-refractivity contribution in [2.24, 2.45) is 5.73 Å². The van der Waals surface area contributed by atoms with Gasteiger partial charge >= 0.3 is 0 Å². The number of hydrogen-bond donors (Lipinski definition) is 1. The highest BCUT2D eigenvalue weighted by molar-refractivity contribution is 9.10. The number of aryl methyl sites for hydroxylation is 1. The fourth-order valence-electron chi connectivity index (χ4n) is 2.20. The minimum absolute atomic E-state index is 0.416. The number of rotatable bonds is 4. The highest BCUT2D eigenvalue weighted by Crippen LogP contribution is 2.27. The van der Waals surface area contributed by atoms with Crippen molar-refractivity contribution in [3.05, 3.63) is 63.1 Å². The maximum absolute atomic E-state index is 11.4. The third-order valence-electron chi connectivity index (χ3n) is 3.18. The van der Waals surface area contributed by atoms with Gasteiger partial charge in [-0.2, -0.15) is 0 Å². The molecular weight excluding hydrogens is 318 g/mol. The number of carbonyl (C=O) groups is 1. The lowest BCUT2D eigenvalue weighted by molar-refractivity contribution is 0.0997. The summed E-state index contributed by atoms with van der Waals surface area (Å²) in [5.74, 6) is 0.0799. The van der Waals surface area contributed by atoms with E-state index in [1.165, 1.54) is 5.56 Å². The predicted molar refractivity (Wildman–Crippen MR) is 83.2 cm³/mol. The molecule has 0 atom stereocenters. The largest absolute Gasteiger partial charge is 0.496 e. The van der Waals surface area contributed by atoms with Gasteiger partial charge in [-0.15, -0.1) is 0 Å². The topological polar surface area (TPSA) is 52.3 Å². The Morgan fingerprint density at radius 2 is 2.05 bits per heavy atom. The Labute approximate surface area is 126 Å². The molecular formula is C16H16BrNO2. The molecule has 2 aromatic rings. The Morgan fingerprint density at radius 3 is 2.65 bits per heavy atom. The van der Waals surface area contributed by atoms with Crippen molar-refractivity contribution < 1.29 is 9.53 Å². The molecule has 3 nitrogen and oxygen atoms in total. The van der Waals surface area contributed by atoms with Gasteiger partial charge < -0.3 is 10.5 Å². The highest BCUT2D eigenvalue weighted by Gasteiger charge is 2.13. The zero-order valence-corrected chi connectivity index (χ0v) is 13.0. The molecule has 0 radical (unpaired) electrons. The molecule has 2 N–H and O–H groups in total. The molecule has 0 bridgehead atoms. The van der Waals surface area contributed by atoms with Crippen LogP contribution in [0.15, 0.2) is 40.9 Å². The number of methoxy groups -OCH3 is 1. The van der Waals surface area contributed by atoms with Crippen LogP contribution in [-0.4, -0.2) is 13.0 Å². The average Bonchev–Trinajstić information content (AvgIpc) is 2.42. The monoisotopic (exact) mass is 333 g/mol. The molecule has 0 unspecified atom stereocenters. The summed E-state index contributed by atoms with van der Waals surface area (Å²) in [6.45, 7) is 2.05. The number of hydrogen-bond acceptors (Lipinski definition) is 2. The van der Waals surface area contributed by atoms with E-state index < -0.39 is 5.91 Å². The molecule has 0 aliphatic heterocycles. The van der Waals surface area contributed by atoms with Crippen molar-refractivity contribution >= 4 is 21.8 Å². The fraction of sp³-hybridized carbons (Fsp3) is 0.188. The van der Waals surface area contributed by atoms with Gasteiger partial charge in [0.25, 0.3) is 5.91 Å². The molecule has 0 aliphatic carbocycles. The summed E-state index contributed by atoms with van der Waals surface area (Å²) in [5.41, 5.74) is 9.07. The molecule has 0 heterocycles. The molecule has 4 heteroatoms. The van der Waals surface area contributed by atoms with Crippen LogP contribution in [0.1, 0.15) is 27.0 Å². The van der Waals surface area contributed by atoms with E-state index in [9.17, 15) is 4.79 Å². The van der Waals surface area contributed by atoms with Crippen molar-refractivity contribution in [1.29, 1.82) is 0 Å². The smallest absolute Gasteiger partial charge is 0.252 e. The van der Waals surface area contributed by atoms with E-state index in [0.717, 1.165) is 15.6 Å². The first kappa shape index (κ1) is 14.6. The van der Waals surface area contributed by atoms with Gasteiger partial charge in [-0.1, -0.05) is 40.2 Å². The molecule has 20 heavy (non-hydrogen) atoms. The highest BCUT2D eigenvalue weighted by atomic mass is 79.9. The number of halogens is 1. The Balaban J connectivity index is 2.40. The van der Waals surface area contributed by atoms with Gasteiger partial charge in [0, 0.05) is 10.9 Å². The Kier molecular flexibility index (Phi) is 4.45. The van der Waals surface area contributed by atoms with E-state index in [0.29, 0.717) is 17.7 Å². The van der Waals surface area contributed by atoms with Gasteiger partial charge in [0.15, 0.2) is 0 Å². The van der Waals surface area contributed by atoms with E-state index in [2.05, 4.69) is 22.0 Å². The van der Waals surface area contributed by atoms with Crippen LogP contribution in [0, 0.1) is 6.92 Å². The molecule has 2 aromatic carbocycles. The van der Waals surface area contributed by atoms with Gasteiger partial charge in [-0.3, -0.25) is 4.79 Å². The van der Waals surface area contributed by atoms with Crippen LogP contribution in [0.5, 0.6) is 5.75 Å². The summed E-state index contributed by atoms with van der Waals surface area (Å²) >= 11 is 3.49. The molecule has 0 aromatic heterocycles. The first-order valence-electron chi connectivity index (χ1n) is 6.23. The summed E-state index contributed by atoms with van der Waals surface area (Å²) in [6, 6.07) is 11.6. The zero-order valence-electron chi connectivity index (χ0n) is 11.4. The number of para-hydroxylation sites is 1. The van der Waals surface area contributed by atoms with E-state index in [1.807, 2.05) is 31.2 Å². The Morgan fingerprint density at radius 1 is 1.30 bits per heavy atom. The molecule has 2 rings (SSSR count). The third kappa shape index (κ3) is 3.02. The molecule has 0 saturated heterocycles. The third-order valence-corrected chi connectivity index (χ3v) is 4.07. The van der Waals surface area contributed by atoms with E-state index in [4.69, 9.17) is 10.5 Å². The van der Waals surface area contributed by atoms with Crippen LogP contribution < -0.4 is 10.5 Å². The second kappa shape index (κ2) is 6.09. The molecule has 0 aliphatic rings. The normalized spacial score (nSPS) is 10.3. The van der Waals surface area contributed by atoms with E-state index in [-0.39, 0.29) is 0 Å². The van der Waals surface area contributed by atoms with Crippen molar-refractivity contribution in [2.45, 2.75) is 13.3 Å². The fourth-order valence-corrected chi connectivity index (χ4v) is 2.44. The van der Waals surface area contributed by atoms with Crippen LogP contribution in [0.3, 0.4) is 0 Å².